The van der Waals surface area contributed by atoms with E-state index in [1.54, 1.807) is 0 Å². The van der Waals surface area contributed by atoms with E-state index in [0.29, 0.717) is 19.8 Å². The molecule has 0 amide bonds. The van der Waals surface area contributed by atoms with Gasteiger partial charge in [0, 0.05) is 13.2 Å². The van der Waals surface area contributed by atoms with Crippen LogP contribution in [-0.4, -0.2) is 32.5 Å². The van der Waals surface area contributed by atoms with E-state index in [2.05, 4.69) is 20.8 Å². The Hall–Kier alpha value is -0.120. The Bertz CT molecular complexity index is 121. The molecule has 0 bridgehead atoms. The second-order valence-electron chi connectivity index (χ2n) is 4.16. The number of nitrogens with two attached hydrogens (primary N) is 1. The molecule has 3 nitrogen and oxygen atoms in total. The zero-order valence-electron chi connectivity index (χ0n) is 9.30. The zero-order valence-corrected chi connectivity index (χ0v) is 9.30. The topological polar surface area (TPSA) is 44.5 Å². The lowest BCUT2D eigenvalue weighted by Gasteiger charge is -2.29. The third kappa shape index (κ3) is 6.02. The highest BCUT2D eigenvalue weighted by atomic mass is 16.5. The average Bonchev–Trinajstić information content (AvgIpc) is 2.02. The molecule has 0 aromatic heterocycles. The van der Waals surface area contributed by atoms with Crippen LogP contribution in [0.3, 0.4) is 0 Å². The van der Waals surface area contributed by atoms with Crippen LogP contribution in [0.4, 0.5) is 0 Å². The molecule has 0 spiro atoms. The van der Waals surface area contributed by atoms with Crippen molar-refractivity contribution in [2.45, 2.75) is 33.8 Å². The molecule has 0 rings (SSSR count). The highest BCUT2D eigenvalue weighted by Crippen LogP contribution is 2.20. The Morgan fingerprint density at radius 3 is 2.23 bits per heavy atom. The van der Waals surface area contributed by atoms with E-state index in [-0.39, 0.29) is 11.5 Å². The highest BCUT2D eigenvalue weighted by molar-refractivity contribution is 4.74. The minimum atomic E-state index is 0.112. The number of hydrogen-bond acceptors (Lipinski definition) is 3. The monoisotopic (exact) mass is 189 g/mol. The predicted octanol–water partition coefficient (Wildman–Crippen LogP) is 1.41. The first-order chi connectivity index (χ1) is 6.02. The van der Waals surface area contributed by atoms with Crippen molar-refractivity contribution in [3.8, 4) is 0 Å². The minimum absolute atomic E-state index is 0.112. The largest absolute Gasteiger partial charge is 0.379 e. The van der Waals surface area contributed by atoms with E-state index >= 15 is 0 Å². The summed E-state index contributed by atoms with van der Waals surface area (Å²) in [7, 11) is 0. The Kier molecular flexibility index (Phi) is 6.29. The molecular weight excluding hydrogens is 166 g/mol. The van der Waals surface area contributed by atoms with Crippen molar-refractivity contribution in [1.29, 1.82) is 0 Å². The van der Waals surface area contributed by atoms with Gasteiger partial charge in [0.15, 0.2) is 0 Å². The van der Waals surface area contributed by atoms with Crippen molar-refractivity contribution in [2.75, 3.05) is 26.4 Å². The fourth-order valence-corrected chi connectivity index (χ4v) is 1.07. The van der Waals surface area contributed by atoms with E-state index in [1.165, 1.54) is 0 Å². The third-order valence-electron chi connectivity index (χ3n) is 1.93. The number of ether oxygens (including phenoxy) is 2. The van der Waals surface area contributed by atoms with Crippen LogP contribution < -0.4 is 5.73 Å². The SMILES string of the molecule is CCOCCOC(CN)C(C)(C)C. The van der Waals surface area contributed by atoms with Gasteiger partial charge in [-0.15, -0.1) is 0 Å². The standard InChI is InChI=1S/C10H23NO2/c1-5-12-6-7-13-9(8-11)10(2,3)4/h9H,5-8,11H2,1-4H3. The molecule has 0 fully saturated rings. The van der Waals surface area contributed by atoms with Crippen molar-refractivity contribution >= 4 is 0 Å². The van der Waals surface area contributed by atoms with E-state index in [9.17, 15) is 0 Å². The van der Waals surface area contributed by atoms with Gasteiger partial charge in [0.1, 0.15) is 0 Å². The van der Waals surface area contributed by atoms with Gasteiger partial charge < -0.3 is 15.2 Å². The Morgan fingerprint density at radius 1 is 1.23 bits per heavy atom. The summed E-state index contributed by atoms with van der Waals surface area (Å²) >= 11 is 0. The molecule has 3 heteroatoms. The molecule has 0 aliphatic carbocycles. The van der Waals surface area contributed by atoms with E-state index in [4.69, 9.17) is 15.2 Å². The van der Waals surface area contributed by atoms with Crippen LogP contribution in [0, 0.1) is 5.41 Å². The summed E-state index contributed by atoms with van der Waals surface area (Å²) in [5.74, 6) is 0. The van der Waals surface area contributed by atoms with E-state index in [1.807, 2.05) is 6.92 Å². The van der Waals surface area contributed by atoms with Crippen molar-refractivity contribution < 1.29 is 9.47 Å². The predicted molar refractivity (Wildman–Crippen MR) is 54.7 cm³/mol. The van der Waals surface area contributed by atoms with Gasteiger partial charge in [-0.3, -0.25) is 0 Å². The minimum Gasteiger partial charge on any atom is -0.379 e. The molecule has 2 N–H and O–H groups in total. The van der Waals surface area contributed by atoms with Gasteiger partial charge in [-0.05, 0) is 12.3 Å². The lowest BCUT2D eigenvalue weighted by Crippen LogP contribution is -2.37. The van der Waals surface area contributed by atoms with Crippen LogP contribution in [0.2, 0.25) is 0 Å². The second kappa shape index (κ2) is 6.35. The van der Waals surface area contributed by atoms with Crippen LogP contribution in [0.1, 0.15) is 27.7 Å². The van der Waals surface area contributed by atoms with Gasteiger partial charge in [0.05, 0.1) is 19.3 Å². The molecule has 1 atom stereocenters. The summed E-state index contributed by atoms with van der Waals surface area (Å²) in [6.07, 6.45) is 0.118. The molecule has 0 aliphatic rings. The molecule has 13 heavy (non-hydrogen) atoms. The molecule has 0 radical (unpaired) electrons. The van der Waals surface area contributed by atoms with Crippen LogP contribution in [0.15, 0.2) is 0 Å². The highest BCUT2D eigenvalue weighted by Gasteiger charge is 2.23. The summed E-state index contributed by atoms with van der Waals surface area (Å²) in [5, 5.41) is 0. The number of hydrogen-bond donors (Lipinski definition) is 1. The van der Waals surface area contributed by atoms with E-state index < -0.39 is 0 Å². The molecule has 0 saturated carbocycles. The molecule has 0 heterocycles. The first kappa shape index (κ1) is 12.9. The molecular formula is C10H23NO2. The van der Waals surface area contributed by atoms with Crippen LogP contribution in [0.5, 0.6) is 0 Å². The molecule has 0 aliphatic heterocycles. The third-order valence-corrected chi connectivity index (χ3v) is 1.93. The lowest BCUT2D eigenvalue weighted by atomic mass is 9.89. The quantitative estimate of drug-likeness (QED) is 0.643. The van der Waals surface area contributed by atoms with Gasteiger partial charge in [0.2, 0.25) is 0 Å². The summed E-state index contributed by atoms with van der Waals surface area (Å²) in [6, 6.07) is 0. The van der Waals surface area contributed by atoms with Crippen LogP contribution in [-0.2, 0) is 9.47 Å². The number of rotatable bonds is 6. The van der Waals surface area contributed by atoms with Gasteiger partial charge in [-0.25, -0.2) is 0 Å². The average molecular weight is 189 g/mol. The van der Waals surface area contributed by atoms with Crippen molar-refractivity contribution in [3.05, 3.63) is 0 Å². The van der Waals surface area contributed by atoms with Gasteiger partial charge in [0.25, 0.3) is 0 Å². The first-order valence-corrected chi connectivity index (χ1v) is 4.91. The summed E-state index contributed by atoms with van der Waals surface area (Å²) in [4.78, 5) is 0. The second-order valence-corrected chi connectivity index (χ2v) is 4.16. The molecule has 0 aromatic carbocycles. The Morgan fingerprint density at radius 2 is 1.85 bits per heavy atom. The summed E-state index contributed by atoms with van der Waals surface area (Å²) < 4.78 is 10.8. The van der Waals surface area contributed by atoms with Crippen molar-refractivity contribution in [2.24, 2.45) is 11.1 Å². The maximum Gasteiger partial charge on any atom is 0.0746 e. The van der Waals surface area contributed by atoms with Gasteiger partial charge in [-0.1, -0.05) is 20.8 Å². The van der Waals surface area contributed by atoms with E-state index in [0.717, 1.165) is 6.61 Å². The van der Waals surface area contributed by atoms with Crippen molar-refractivity contribution in [3.63, 3.8) is 0 Å². The molecule has 0 aromatic rings. The maximum absolute atomic E-state index is 5.61. The van der Waals surface area contributed by atoms with Gasteiger partial charge >= 0.3 is 0 Å². The normalized spacial score (nSPS) is 14.5. The molecule has 0 saturated heterocycles. The van der Waals surface area contributed by atoms with Crippen molar-refractivity contribution in [1.82, 2.24) is 0 Å². The fourth-order valence-electron chi connectivity index (χ4n) is 1.07. The summed E-state index contributed by atoms with van der Waals surface area (Å²) in [5.41, 5.74) is 5.72. The smallest absolute Gasteiger partial charge is 0.0746 e. The molecule has 1 unspecified atom stereocenters. The fraction of sp³-hybridized carbons (Fsp3) is 1.00. The van der Waals surface area contributed by atoms with Gasteiger partial charge in [-0.2, -0.15) is 0 Å². The first-order valence-electron chi connectivity index (χ1n) is 4.91. The summed E-state index contributed by atoms with van der Waals surface area (Å²) in [6.45, 7) is 11.0. The van der Waals surface area contributed by atoms with Crippen LogP contribution >= 0.6 is 0 Å². The van der Waals surface area contributed by atoms with Crippen LogP contribution in [0.25, 0.3) is 0 Å². The Labute approximate surface area is 81.6 Å². The lowest BCUT2D eigenvalue weighted by molar-refractivity contribution is -0.0366. The Balaban J connectivity index is 3.61. The zero-order chi connectivity index (χ0) is 10.3. The molecule has 80 valence electrons. The maximum atomic E-state index is 5.61.